The van der Waals surface area contributed by atoms with Crippen molar-refractivity contribution in [2.75, 3.05) is 5.73 Å². The molecule has 0 unspecified atom stereocenters. The van der Waals surface area contributed by atoms with E-state index in [1.54, 1.807) is 0 Å². The minimum atomic E-state index is -0.995. The number of ether oxygens (including phenoxy) is 2. The molecule has 80 valence electrons. The van der Waals surface area contributed by atoms with Crippen LogP contribution in [0.5, 0.6) is 11.5 Å². The molecule has 6 N–H and O–H groups in total. The van der Waals surface area contributed by atoms with Crippen LogP contribution in [0.25, 0.3) is 0 Å². The van der Waals surface area contributed by atoms with Gasteiger partial charge in [-0.3, -0.25) is 0 Å². The van der Waals surface area contributed by atoms with Crippen molar-refractivity contribution in [1.82, 2.24) is 0 Å². The van der Waals surface area contributed by atoms with E-state index in [2.05, 4.69) is 9.47 Å². The number of benzene rings is 1. The van der Waals surface area contributed by atoms with E-state index in [-0.39, 0.29) is 17.2 Å². The fourth-order valence-electron chi connectivity index (χ4n) is 0.944. The number of amides is 2. The van der Waals surface area contributed by atoms with Gasteiger partial charge in [-0.05, 0) is 0 Å². The Morgan fingerprint density at radius 3 is 1.67 bits per heavy atom. The minimum Gasteiger partial charge on any atom is -0.410 e. The molecule has 1 aromatic rings. The summed E-state index contributed by atoms with van der Waals surface area (Å²) in [5.41, 5.74) is 15.3. The first-order chi connectivity index (χ1) is 6.97. The van der Waals surface area contributed by atoms with Crippen LogP contribution < -0.4 is 26.7 Å². The van der Waals surface area contributed by atoms with Crippen LogP contribution in [0, 0.1) is 0 Å². The summed E-state index contributed by atoms with van der Waals surface area (Å²) >= 11 is 0. The second-order valence-electron chi connectivity index (χ2n) is 2.58. The highest BCUT2D eigenvalue weighted by atomic mass is 16.6. The average molecular weight is 211 g/mol. The lowest BCUT2D eigenvalue weighted by atomic mass is 10.3. The molecule has 0 bridgehead atoms. The topological polar surface area (TPSA) is 131 Å². The number of primary amides is 2. The summed E-state index contributed by atoms with van der Waals surface area (Å²) in [5.74, 6) is 0.137. The number of nitrogens with two attached hydrogens (primary N) is 3. The maximum atomic E-state index is 10.4. The third-order valence-corrected chi connectivity index (χ3v) is 1.34. The van der Waals surface area contributed by atoms with E-state index >= 15 is 0 Å². The third-order valence-electron chi connectivity index (χ3n) is 1.34. The lowest BCUT2D eigenvalue weighted by molar-refractivity contribution is 0.209. The smallest absolute Gasteiger partial charge is 0.409 e. The van der Waals surface area contributed by atoms with Crippen LogP contribution >= 0.6 is 0 Å². The van der Waals surface area contributed by atoms with Gasteiger partial charge in [0.1, 0.15) is 11.5 Å². The number of nitrogen functional groups attached to an aromatic ring is 1. The fourth-order valence-corrected chi connectivity index (χ4v) is 0.944. The van der Waals surface area contributed by atoms with E-state index in [9.17, 15) is 9.59 Å². The predicted octanol–water partition coefficient (Wildman–Crippen LogP) is 0.184. The number of carbonyl (C=O) groups is 2. The van der Waals surface area contributed by atoms with Crippen LogP contribution in [0.15, 0.2) is 18.2 Å². The van der Waals surface area contributed by atoms with E-state index in [0.717, 1.165) is 0 Å². The van der Waals surface area contributed by atoms with Gasteiger partial charge in [0, 0.05) is 23.9 Å². The Morgan fingerprint density at radius 1 is 0.933 bits per heavy atom. The van der Waals surface area contributed by atoms with Crippen molar-refractivity contribution in [1.29, 1.82) is 0 Å². The van der Waals surface area contributed by atoms with Crippen molar-refractivity contribution in [3.63, 3.8) is 0 Å². The molecule has 2 amide bonds. The van der Waals surface area contributed by atoms with Crippen LogP contribution in [0.4, 0.5) is 15.3 Å². The lowest BCUT2D eigenvalue weighted by Crippen LogP contribution is -2.18. The Morgan fingerprint density at radius 2 is 1.33 bits per heavy atom. The van der Waals surface area contributed by atoms with Gasteiger partial charge in [-0.25, -0.2) is 9.59 Å². The molecule has 0 spiro atoms. The highest BCUT2D eigenvalue weighted by Gasteiger charge is 2.05. The first-order valence-corrected chi connectivity index (χ1v) is 3.82. The van der Waals surface area contributed by atoms with Gasteiger partial charge >= 0.3 is 12.2 Å². The zero-order valence-corrected chi connectivity index (χ0v) is 7.60. The van der Waals surface area contributed by atoms with Crippen LogP contribution in [0.2, 0.25) is 0 Å². The van der Waals surface area contributed by atoms with Crippen molar-refractivity contribution in [2.24, 2.45) is 11.5 Å². The molecule has 0 fully saturated rings. The Balaban J connectivity index is 2.94. The Bertz CT molecular complexity index is 371. The molecule has 0 atom stereocenters. The van der Waals surface area contributed by atoms with Crippen LogP contribution in [0.3, 0.4) is 0 Å². The van der Waals surface area contributed by atoms with E-state index in [1.807, 2.05) is 0 Å². The van der Waals surface area contributed by atoms with Gasteiger partial charge in [-0.1, -0.05) is 0 Å². The second-order valence-corrected chi connectivity index (χ2v) is 2.58. The van der Waals surface area contributed by atoms with E-state index in [4.69, 9.17) is 17.2 Å². The van der Waals surface area contributed by atoms with Crippen molar-refractivity contribution < 1.29 is 19.1 Å². The largest absolute Gasteiger partial charge is 0.410 e. The summed E-state index contributed by atoms with van der Waals surface area (Å²) in [6, 6.07) is 3.95. The first-order valence-electron chi connectivity index (χ1n) is 3.82. The van der Waals surface area contributed by atoms with Crippen molar-refractivity contribution in [3.05, 3.63) is 18.2 Å². The molecular formula is C8H9N3O4. The van der Waals surface area contributed by atoms with Crippen LogP contribution in [-0.2, 0) is 0 Å². The van der Waals surface area contributed by atoms with E-state index < -0.39 is 12.2 Å². The fraction of sp³-hybridized carbons (Fsp3) is 0. The SMILES string of the molecule is NC(=O)Oc1cc(N)cc(OC(N)=O)c1. The van der Waals surface area contributed by atoms with Crippen LogP contribution in [-0.4, -0.2) is 12.2 Å². The molecule has 0 saturated carbocycles. The molecule has 7 heteroatoms. The maximum Gasteiger partial charge on any atom is 0.409 e. The normalized spacial score (nSPS) is 9.33. The van der Waals surface area contributed by atoms with Gasteiger partial charge in [0.15, 0.2) is 0 Å². The summed E-state index contributed by atoms with van der Waals surface area (Å²) in [5, 5.41) is 0. The molecule has 0 aliphatic heterocycles. The number of rotatable bonds is 2. The van der Waals surface area contributed by atoms with Crippen LogP contribution in [0.1, 0.15) is 0 Å². The van der Waals surface area contributed by atoms with E-state index in [1.165, 1.54) is 18.2 Å². The molecule has 0 heterocycles. The molecule has 1 rings (SSSR count). The summed E-state index contributed by atoms with van der Waals surface area (Å²) in [4.78, 5) is 20.9. The van der Waals surface area contributed by atoms with Gasteiger partial charge in [-0.15, -0.1) is 0 Å². The number of hydrogen-bond donors (Lipinski definition) is 3. The number of hydrogen-bond acceptors (Lipinski definition) is 5. The summed E-state index contributed by atoms with van der Waals surface area (Å²) in [6.07, 6.45) is -1.99. The molecule has 1 aromatic carbocycles. The Kier molecular flexibility index (Phi) is 2.97. The van der Waals surface area contributed by atoms with Crippen molar-refractivity contribution >= 4 is 17.9 Å². The molecule has 7 nitrogen and oxygen atoms in total. The highest BCUT2D eigenvalue weighted by molar-refractivity contribution is 5.71. The minimum absolute atomic E-state index is 0.0683. The zero-order valence-electron chi connectivity index (χ0n) is 7.60. The molecule has 0 saturated heterocycles. The predicted molar refractivity (Wildman–Crippen MR) is 51.3 cm³/mol. The summed E-state index contributed by atoms with van der Waals surface area (Å²) in [6.45, 7) is 0. The quantitative estimate of drug-likeness (QED) is 0.600. The average Bonchev–Trinajstić information content (AvgIpc) is 1.98. The molecule has 0 aliphatic carbocycles. The third kappa shape index (κ3) is 3.43. The lowest BCUT2D eigenvalue weighted by Gasteiger charge is -2.05. The Hall–Kier alpha value is -2.44. The zero-order chi connectivity index (χ0) is 11.4. The van der Waals surface area contributed by atoms with Gasteiger partial charge in [0.05, 0.1) is 0 Å². The maximum absolute atomic E-state index is 10.4. The number of carbonyl (C=O) groups excluding carboxylic acids is 2. The Labute approximate surface area is 84.7 Å². The van der Waals surface area contributed by atoms with Crippen molar-refractivity contribution in [3.8, 4) is 11.5 Å². The molecular weight excluding hydrogens is 202 g/mol. The summed E-state index contributed by atoms with van der Waals surface area (Å²) in [7, 11) is 0. The van der Waals surface area contributed by atoms with Gasteiger partial charge in [0.25, 0.3) is 0 Å². The van der Waals surface area contributed by atoms with Gasteiger partial charge in [-0.2, -0.15) is 0 Å². The molecule has 0 radical (unpaired) electrons. The first kappa shape index (κ1) is 10.6. The highest BCUT2D eigenvalue weighted by Crippen LogP contribution is 2.24. The van der Waals surface area contributed by atoms with Gasteiger partial charge in [0.2, 0.25) is 0 Å². The monoisotopic (exact) mass is 211 g/mol. The van der Waals surface area contributed by atoms with E-state index in [0.29, 0.717) is 0 Å². The van der Waals surface area contributed by atoms with Gasteiger partial charge < -0.3 is 26.7 Å². The number of anilines is 1. The van der Waals surface area contributed by atoms with Crippen molar-refractivity contribution in [2.45, 2.75) is 0 Å². The molecule has 0 aromatic heterocycles. The standard InChI is InChI=1S/C8H9N3O4/c9-4-1-5(14-7(10)12)3-6(2-4)15-8(11)13/h1-3H,9H2,(H2,10,12)(H2,11,13). The second kappa shape index (κ2) is 4.18. The summed E-state index contributed by atoms with van der Waals surface area (Å²) < 4.78 is 9.09. The molecule has 0 aliphatic rings. The molecule has 15 heavy (non-hydrogen) atoms.